The molecule has 1 fully saturated rings. The molecule has 0 unspecified atom stereocenters. The van der Waals surface area contributed by atoms with Crippen molar-refractivity contribution in [3.05, 3.63) is 72.4 Å². The summed E-state index contributed by atoms with van der Waals surface area (Å²) in [5, 5.41) is 6.94. The predicted molar refractivity (Wildman–Crippen MR) is 127 cm³/mol. The highest BCUT2D eigenvalue weighted by Crippen LogP contribution is 2.22. The SMILES string of the molecule is C[C@@H]1C[C@@H](C(=O)N[C@H](CCc2ccccc2)C(=O)Nc2cnc3ccccc3c2)N(C)C1. The number of aromatic nitrogens is 1. The second-order valence-corrected chi connectivity index (χ2v) is 8.79. The number of fused-ring (bicyclic) bond motifs is 1. The second-order valence-electron chi connectivity index (χ2n) is 8.79. The van der Waals surface area contributed by atoms with Gasteiger partial charge >= 0.3 is 0 Å². The molecule has 2 N–H and O–H groups in total. The van der Waals surface area contributed by atoms with E-state index in [-0.39, 0.29) is 17.9 Å². The Balaban J connectivity index is 1.48. The molecule has 1 aromatic heterocycles. The zero-order valence-corrected chi connectivity index (χ0v) is 18.6. The third-order valence-corrected chi connectivity index (χ3v) is 6.12. The van der Waals surface area contributed by atoms with Gasteiger partial charge in [-0.1, -0.05) is 55.5 Å². The molecule has 0 radical (unpaired) electrons. The van der Waals surface area contributed by atoms with E-state index in [1.54, 1.807) is 6.20 Å². The monoisotopic (exact) mass is 430 g/mol. The number of nitrogens with zero attached hydrogens (tertiary/aromatic N) is 2. The highest BCUT2D eigenvalue weighted by Gasteiger charge is 2.34. The molecule has 6 nitrogen and oxygen atoms in total. The van der Waals surface area contributed by atoms with Crippen LogP contribution in [0.5, 0.6) is 0 Å². The minimum Gasteiger partial charge on any atom is -0.343 e. The van der Waals surface area contributed by atoms with Crippen molar-refractivity contribution in [2.24, 2.45) is 5.92 Å². The van der Waals surface area contributed by atoms with Crippen molar-refractivity contribution in [1.82, 2.24) is 15.2 Å². The molecular formula is C26H30N4O2. The van der Waals surface area contributed by atoms with Gasteiger partial charge in [-0.3, -0.25) is 19.5 Å². The lowest BCUT2D eigenvalue weighted by Gasteiger charge is -2.23. The van der Waals surface area contributed by atoms with Crippen LogP contribution in [0.4, 0.5) is 5.69 Å². The van der Waals surface area contributed by atoms with E-state index >= 15 is 0 Å². The molecule has 0 bridgehead atoms. The summed E-state index contributed by atoms with van der Waals surface area (Å²) in [5.41, 5.74) is 2.63. The van der Waals surface area contributed by atoms with Crippen molar-refractivity contribution in [1.29, 1.82) is 0 Å². The number of amides is 2. The highest BCUT2D eigenvalue weighted by molar-refractivity contribution is 5.99. The van der Waals surface area contributed by atoms with Gasteiger partial charge in [-0.25, -0.2) is 0 Å². The summed E-state index contributed by atoms with van der Waals surface area (Å²) in [6, 6.07) is 18.9. The van der Waals surface area contributed by atoms with Crippen LogP contribution in [0.25, 0.3) is 10.9 Å². The Labute approximate surface area is 189 Å². The third-order valence-electron chi connectivity index (χ3n) is 6.12. The van der Waals surface area contributed by atoms with Crippen LogP contribution in [0.2, 0.25) is 0 Å². The summed E-state index contributed by atoms with van der Waals surface area (Å²) in [6.07, 6.45) is 3.69. The number of hydrogen-bond acceptors (Lipinski definition) is 4. The van der Waals surface area contributed by atoms with Crippen molar-refractivity contribution in [2.45, 2.75) is 38.3 Å². The van der Waals surface area contributed by atoms with Gasteiger partial charge in [0.15, 0.2) is 0 Å². The Morgan fingerprint density at radius 3 is 2.62 bits per heavy atom. The zero-order valence-electron chi connectivity index (χ0n) is 18.6. The number of benzene rings is 2. The van der Waals surface area contributed by atoms with Crippen LogP contribution in [0.3, 0.4) is 0 Å². The number of likely N-dealkylation sites (tertiary alicyclic amines) is 1. The molecule has 32 heavy (non-hydrogen) atoms. The molecule has 3 aromatic rings. The van der Waals surface area contributed by atoms with Gasteiger partial charge in [0, 0.05) is 11.9 Å². The van der Waals surface area contributed by atoms with Gasteiger partial charge < -0.3 is 10.6 Å². The van der Waals surface area contributed by atoms with E-state index in [1.807, 2.05) is 67.7 Å². The first kappa shape index (κ1) is 22.0. The van der Waals surface area contributed by atoms with Crippen LogP contribution in [-0.4, -0.2) is 47.4 Å². The molecule has 1 aliphatic heterocycles. The summed E-state index contributed by atoms with van der Waals surface area (Å²) in [4.78, 5) is 32.7. The van der Waals surface area contributed by atoms with Gasteiger partial charge in [-0.2, -0.15) is 0 Å². The quantitative estimate of drug-likeness (QED) is 0.600. The number of likely N-dealkylation sites (N-methyl/N-ethyl adjacent to an activating group) is 1. The van der Waals surface area contributed by atoms with E-state index in [1.165, 1.54) is 0 Å². The maximum absolute atomic E-state index is 13.2. The van der Waals surface area contributed by atoms with Crippen molar-refractivity contribution in [3.63, 3.8) is 0 Å². The van der Waals surface area contributed by atoms with E-state index in [9.17, 15) is 9.59 Å². The van der Waals surface area contributed by atoms with Crippen LogP contribution >= 0.6 is 0 Å². The number of anilines is 1. The lowest BCUT2D eigenvalue weighted by Crippen LogP contribution is -2.50. The molecule has 1 saturated heterocycles. The Kier molecular flexibility index (Phi) is 6.81. The first-order valence-electron chi connectivity index (χ1n) is 11.2. The number of aryl methyl sites for hydroxylation is 1. The van der Waals surface area contributed by atoms with Gasteiger partial charge in [0.2, 0.25) is 11.8 Å². The molecule has 166 valence electrons. The number of carbonyl (C=O) groups excluding carboxylic acids is 2. The average Bonchev–Trinajstić information content (AvgIpc) is 3.15. The zero-order chi connectivity index (χ0) is 22.5. The summed E-state index contributed by atoms with van der Waals surface area (Å²) >= 11 is 0. The highest BCUT2D eigenvalue weighted by atomic mass is 16.2. The molecule has 4 rings (SSSR count). The lowest BCUT2D eigenvalue weighted by molar-refractivity contribution is -0.129. The van der Waals surface area contributed by atoms with E-state index in [2.05, 4.69) is 27.4 Å². The molecule has 0 saturated carbocycles. The van der Waals surface area contributed by atoms with Gasteiger partial charge in [0.05, 0.1) is 23.4 Å². The minimum absolute atomic E-state index is 0.0818. The number of hydrogen-bond donors (Lipinski definition) is 2. The number of para-hydroxylation sites is 1. The molecule has 3 atom stereocenters. The molecule has 2 heterocycles. The standard InChI is InChI=1S/C26H30N4O2/c1-18-14-24(30(2)17-18)26(32)29-23(13-12-19-8-4-3-5-9-19)25(31)28-21-15-20-10-6-7-11-22(20)27-16-21/h3-11,15-16,18,23-24H,12-14,17H2,1-2H3,(H,28,31)(H,29,32)/t18-,23-,24+/m1/s1. The minimum atomic E-state index is -0.626. The van der Waals surface area contributed by atoms with E-state index in [0.29, 0.717) is 24.4 Å². The van der Waals surface area contributed by atoms with Crippen LogP contribution in [0.15, 0.2) is 66.9 Å². The van der Waals surface area contributed by atoms with Crippen molar-refractivity contribution in [2.75, 3.05) is 18.9 Å². The van der Waals surface area contributed by atoms with Crippen LogP contribution in [0, 0.1) is 5.92 Å². The van der Waals surface area contributed by atoms with Crippen molar-refractivity contribution in [3.8, 4) is 0 Å². The lowest BCUT2D eigenvalue weighted by atomic mass is 10.0. The van der Waals surface area contributed by atoms with Crippen molar-refractivity contribution < 1.29 is 9.59 Å². The number of carbonyl (C=O) groups is 2. The Morgan fingerprint density at radius 2 is 1.88 bits per heavy atom. The second kappa shape index (κ2) is 9.92. The van der Waals surface area contributed by atoms with Crippen LogP contribution in [-0.2, 0) is 16.0 Å². The van der Waals surface area contributed by atoms with E-state index in [4.69, 9.17) is 0 Å². The molecule has 2 amide bonds. The smallest absolute Gasteiger partial charge is 0.247 e. The summed E-state index contributed by atoms with van der Waals surface area (Å²) in [6.45, 7) is 3.04. The third kappa shape index (κ3) is 5.32. The fraction of sp³-hybridized carbons (Fsp3) is 0.346. The summed E-state index contributed by atoms with van der Waals surface area (Å²) < 4.78 is 0. The Hall–Kier alpha value is -3.25. The number of rotatable bonds is 7. The molecule has 1 aliphatic rings. The average molecular weight is 431 g/mol. The topological polar surface area (TPSA) is 74.3 Å². The Bertz CT molecular complexity index is 1090. The number of pyridine rings is 1. The van der Waals surface area contributed by atoms with Gasteiger partial charge in [0.1, 0.15) is 6.04 Å². The Morgan fingerprint density at radius 1 is 1.12 bits per heavy atom. The van der Waals surface area contributed by atoms with Gasteiger partial charge in [-0.05, 0) is 49.9 Å². The normalized spacial score (nSPS) is 19.6. The van der Waals surface area contributed by atoms with Crippen LogP contribution < -0.4 is 10.6 Å². The largest absolute Gasteiger partial charge is 0.343 e. The fourth-order valence-electron chi connectivity index (χ4n) is 4.42. The molecule has 2 aromatic carbocycles. The summed E-state index contributed by atoms with van der Waals surface area (Å²) in [7, 11) is 1.97. The van der Waals surface area contributed by atoms with Crippen molar-refractivity contribution >= 4 is 28.4 Å². The summed E-state index contributed by atoms with van der Waals surface area (Å²) in [5.74, 6) is 0.165. The first-order chi connectivity index (χ1) is 15.5. The van der Waals surface area contributed by atoms with E-state index in [0.717, 1.165) is 29.4 Å². The molecule has 0 spiro atoms. The number of nitrogens with one attached hydrogen (secondary N) is 2. The van der Waals surface area contributed by atoms with Gasteiger partial charge in [0.25, 0.3) is 0 Å². The fourth-order valence-corrected chi connectivity index (χ4v) is 4.42. The maximum Gasteiger partial charge on any atom is 0.247 e. The van der Waals surface area contributed by atoms with Gasteiger partial charge in [-0.15, -0.1) is 0 Å². The van der Waals surface area contributed by atoms with E-state index < -0.39 is 6.04 Å². The molecular weight excluding hydrogens is 400 g/mol. The molecule has 6 heteroatoms. The first-order valence-corrected chi connectivity index (χ1v) is 11.2. The van der Waals surface area contributed by atoms with Crippen LogP contribution in [0.1, 0.15) is 25.3 Å². The predicted octanol–water partition coefficient (Wildman–Crippen LogP) is 3.63. The molecule has 0 aliphatic carbocycles. The maximum atomic E-state index is 13.2.